The van der Waals surface area contributed by atoms with Crippen molar-refractivity contribution >= 4 is 33.4 Å². The first-order chi connectivity index (χ1) is 23.3. The standard InChI is InChI=1S/C38H50N4O6S/c1-27(2)22-33(40-36(45)31-18-13-19-32(24-31)42(4)49(47,48)26-30-16-9-6-10-17-30)34(43)23-28(3)35(44)41-38(20-11-12-21-38)37(46)39-25-29-14-7-5-8-15-29/h5-10,13-19,24,27-28,33-34,43H,11-12,20-23,25-26H2,1-4H3,(H,39,46)(H,40,45)(H,41,44). The predicted molar refractivity (Wildman–Crippen MR) is 192 cm³/mol. The monoisotopic (exact) mass is 690 g/mol. The number of nitrogens with zero attached hydrogens (tertiary/aromatic N) is 1. The first-order valence-corrected chi connectivity index (χ1v) is 18.6. The van der Waals surface area contributed by atoms with Crippen molar-refractivity contribution in [1.29, 1.82) is 0 Å². The second kappa shape index (κ2) is 16.9. The molecule has 3 atom stereocenters. The number of hydrogen-bond acceptors (Lipinski definition) is 6. The number of hydrogen-bond donors (Lipinski definition) is 4. The Balaban J connectivity index is 1.39. The molecule has 1 saturated carbocycles. The highest BCUT2D eigenvalue weighted by atomic mass is 32.2. The molecule has 1 fully saturated rings. The van der Waals surface area contributed by atoms with E-state index in [2.05, 4.69) is 16.0 Å². The van der Waals surface area contributed by atoms with Gasteiger partial charge in [0.15, 0.2) is 0 Å². The van der Waals surface area contributed by atoms with Crippen molar-refractivity contribution in [1.82, 2.24) is 16.0 Å². The third-order valence-corrected chi connectivity index (χ3v) is 10.9. The van der Waals surface area contributed by atoms with Gasteiger partial charge in [-0.05, 0) is 60.9 Å². The summed E-state index contributed by atoms with van der Waals surface area (Å²) in [5, 5.41) is 20.3. The van der Waals surface area contributed by atoms with Crippen LogP contribution in [-0.2, 0) is 31.9 Å². The molecule has 0 aromatic heterocycles. The normalized spacial score (nSPS) is 16.0. The summed E-state index contributed by atoms with van der Waals surface area (Å²) >= 11 is 0. The molecule has 11 heteroatoms. The van der Waals surface area contributed by atoms with Crippen LogP contribution < -0.4 is 20.3 Å². The summed E-state index contributed by atoms with van der Waals surface area (Å²) in [5.41, 5.74) is 1.21. The van der Waals surface area contributed by atoms with Gasteiger partial charge in [0.1, 0.15) is 5.54 Å². The second-order valence-electron chi connectivity index (χ2n) is 13.6. The number of sulfonamides is 1. The van der Waals surface area contributed by atoms with Crippen molar-refractivity contribution in [3.8, 4) is 0 Å². The summed E-state index contributed by atoms with van der Waals surface area (Å²) in [5.74, 6) is -1.68. The van der Waals surface area contributed by atoms with Crippen molar-refractivity contribution in [2.24, 2.45) is 11.8 Å². The van der Waals surface area contributed by atoms with E-state index in [-0.39, 0.29) is 35.5 Å². The number of nitrogens with one attached hydrogen (secondary N) is 3. The zero-order valence-electron chi connectivity index (χ0n) is 28.9. The van der Waals surface area contributed by atoms with Crippen LogP contribution in [0.15, 0.2) is 84.9 Å². The average molecular weight is 691 g/mol. The maximum Gasteiger partial charge on any atom is 0.251 e. The Kier molecular flexibility index (Phi) is 13.0. The number of aliphatic hydroxyl groups is 1. The van der Waals surface area contributed by atoms with Gasteiger partial charge in [-0.1, -0.05) is 100 Å². The lowest BCUT2D eigenvalue weighted by Gasteiger charge is -2.32. The van der Waals surface area contributed by atoms with Gasteiger partial charge in [-0.2, -0.15) is 0 Å². The fraction of sp³-hybridized carbons (Fsp3) is 0.447. The minimum absolute atomic E-state index is 0.0751. The van der Waals surface area contributed by atoms with Crippen molar-refractivity contribution in [3.05, 3.63) is 102 Å². The smallest absolute Gasteiger partial charge is 0.251 e. The lowest BCUT2D eigenvalue weighted by atomic mass is 9.90. The third kappa shape index (κ3) is 10.4. The van der Waals surface area contributed by atoms with Crippen molar-refractivity contribution in [2.75, 3.05) is 11.4 Å². The number of aliphatic hydroxyl groups excluding tert-OH is 1. The van der Waals surface area contributed by atoms with E-state index in [1.807, 2.05) is 50.2 Å². The molecule has 0 heterocycles. The van der Waals surface area contributed by atoms with E-state index < -0.39 is 39.5 Å². The third-order valence-electron chi connectivity index (χ3n) is 9.18. The number of carbonyl (C=O) groups excluding carboxylic acids is 3. The number of carbonyl (C=O) groups is 3. The summed E-state index contributed by atoms with van der Waals surface area (Å²) < 4.78 is 27.4. The maximum atomic E-state index is 13.5. The fourth-order valence-corrected chi connectivity index (χ4v) is 7.53. The second-order valence-corrected chi connectivity index (χ2v) is 15.6. The molecule has 3 aromatic rings. The highest BCUT2D eigenvalue weighted by Crippen LogP contribution is 2.31. The molecule has 49 heavy (non-hydrogen) atoms. The SMILES string of the molecule is CC(C)CC(NC(=O)c1cccc(N(C)S(=O)(=O)Cc2ccccc2)c1)C(O)CC(C)C(=O)NC1(C(=O)NCc2ccccc2)CCCC1. The summed E-state index contributed by atoms with van der Waals surface area (Å²) in [7, 11) is -2.27. The molecule has 4 rings (SSSR count). The van der Waals surface area contributed by atoms with Gasteiger partial charge in [-0.15, -0.1) is 0 Å². The molecular weight excluding hydrogens is 641 g/mol. The van der Waals surface area contributed by atoms with Gasteiger partial charge < -0.3 is 21.1 Å². The van der Waals surface area contributed by atoms with E-state index in [4.69, 9.17) is 0 Å². The molecule has 264 valence electrons. The summed E-state index contributed by atoms with van der Waals surface area (Å²) in [6, 6.07) is 24.2. The van der Waals surface area contributed by atoms with Gasteiger partial charge in [-0.3, -0.25) is 18.7 Å². The van der Waals surface area contributed by atoms with E-state index in [0.717, 1.165) is 22.7 Å². The van der Waals surface area contributed by atoms with Gasteiger partial charge in [0.2, 0.25) is 21.8 Å². The maximum absolute atomic E-state index is 13.5. The Morgan fingerprint density at radius 3 is 2.08 bits per heavy atom. The zero-order chi connectivity index (χ0) is 35.6. The molecule has 3 unspecified atom stereocenters. The van der Waals surface area contributed by atoms with Crippen LogP contribution in [0.3, 0.4) is 0 Å². The molecule has 0 bridgehead atoms. The van der Waals surface area contributed by atoms with Crippen LogP contribution in [0.2, 0.25) is 0 Å². The zero-order valence-corrected chi connectivity index (χ0v) is 29.7. The molecule has 0 saturated heterocycles. The molecule has 10 nitrogen and oxygen atoms in total. The number of benzene rings is 3. The molecule has 1 aliphatic carbocycles. The van der Waals surface area contributed by atoms with Gasteiger partial charge in [0.05, 0.1) is 23.6 Å². The minimum atomic E-state index is -3.72. The first kappa shape index (κ1) is 37.6. The van der Waals surface area contributed by atoms with E-state index in [0.29, 0.717) is 37.1 Å². The van der Waals surface area contributed by atoms with Crippen molar-refractivity contribution in [3.63, 3.8) is 0 Å². The summed E-state index contributed by atoms with van der Waals surface area (Å²) in [6.07, 6.45) is 2.23. The van der Waals surface area contributed by atoms with Gasteiger partial charge >= 0.3 is 0 Å². The number of anilines is 1. The van der Waals surface area contributed by atoms with Gasteiger partial charge in [0, 0.05) is 25.1 Å². The van der Waals surface area contributed by atoms with Crippen LogP contribution in [0.25, 0.3) is 0 Å². The van der Waals surface area contributed by atoms with E-state index >= 15 is 0 Å². The predicted octanol–water partition coefficient (Wildman–Crippen LogP) is 4.93. The molecule has 0 radical (unpaired) electrons. The Hall–Kier alpha value is -4.22. The first-order valence-electron chi connectivity index (χ1n) is 17.0. The highest BCUT2D eigenvalue weighted by molar-refractivity contribution is 7.92. The summed E-state index contributed by atoms with van der Waals surface area (Å²) in [4.78, 5) is 40.3. The topological polar surface area (TPSA) is 145 Å². The van der Waals surface area contributed by atoms with Crippen LogP contribution in [-0.4, -0.2) is 56.0 Å². The fourth-order valence-electron chi connectivity index (χ4n) is 6.28. The molecule has 3 aromatic carbocycles. The van der Waals surface area contributed by atoms with Gasteiger partial charge in [0.25, 0.3) is 5.91 Å². The van der Waals surface area contributed by atoms with Crippen LogP contribution in [0.5, 0.6) is 0 Å². The molecule has 0 spiro atoms. The van der Waals surface area contributed by atoms with Crippen molar-refractivity contribution in [2.45, 2.75) is 89.3 Å². The molecular formula is C38H50N4O6S. The molecule has 4 N–H and O–H groups in total. The Morgan fingerprint density at radius 2 is 1.47 bits per heavy atom. The Labute approximate surface area is 290 Å². The van der Waals surface area contributed by atoms with E-state index in [1.54, 1.807) is 49.4 Å². The number of amides is 3. The van der Waals surface area contributed by atoms with Crippen molar-refractivity contribution < 1.29 is 27.9 Å². The lowest BCUT2D eigenvalue weighted by molar-refractivity contribution is -0.135. The van der Waals surface area contributed by atoms with Crippen LogP contribution >= 0.6 is 0 Å². The summed E-state index contributed by atoms with van der Waals surface area (Å²) in [6.45, 7) is 6.04. The van der Waals surface area contributed by atoms with Crippen LogP contribution in [0.4, 0.5) is 5.69 Å². The van der Waals surface area contributed by atoms with Gasteiger partial charge in [-0.25, -0.2) is 8.42 Å². The van der Waals surface area contributed by atoms with E-state index in [1.165, 1.54) is 13.1 Å². The highest BCUT2D eigenvalue weighted by Gasteiger charge is 2.43. The molecule has 1 aliphatic rings. The minimum Gasteiger partial charge on any atom is -0.391 e. The largest absolute Gasteiger partial charge is 0.391 e. The van der Waals surface area contributed by atoms with Crippen LogP contribution in [0.1, 0.15) is 80.8 Å². The quantitative estimate of drug-likeness (QED) is 0.168. The average Bonchev–Trinajstić information content (AvgIpc) is 3.56. The Morgan fingerprint density at radius 1 is 0.857 bits per heavy atom. The molecule has 0 aliphatic heterocycles. The van der Waals surface area contributed by atoms with Crippen LogP contribution in [0, 0.1) is 11.8 Å². The lowest BCUT2D eigenvalue weighted by Crippen LogP contribution is -2.58. The molecule has 3 amide bonds. The number of rotatable bonds is 16. The van der Waals surface area contributed by atoms with E-state index in [9.17, 15) is 27.9 Å². The Bertz CT molecular complexity index is 1660.